The molecule has 4 amide bonds. The molecule has 4 unspecified atom stereocenters. The average molecular weight is 534 g/mol. The number of nitrogens with two attached hydrogens (primary N) is 3. The lowest BCUT2D eigenvalue weighted by Gasteiger charge is -2.25. The van der Waals surface area contributed by atoms with Crippen molar-refractivity contribution in [2.45, 2.75) is 56.3 Å². The van der Waals surface area contributed by atoms with Gasteiger partial charge in [0.1, 0.15) is 18.1 Å². The summed E-state index contributed by atoms with van der Waals surface area (Å²) in [6, 6.07) is 2.03. The number of carboxylic acids is 1. The smallest absolute Gasteiger partial charge is 0.328 e. The molecule has 14 heteroatoms. The Kier molecular flexibility index (Phi) is 11.7. The van der Waals surface area contributed by atoms with Crippen molar-refractivity contribution in [2.75, 3.05) is 13.2 Å². The Morgan fingerprint density at radius 2 is 1.55 bits per heavy atom. The molecule has 1 aromatic carbocycles. The number of aromatic nitrogens is 1. The molecule has 0 fully saturated rings. The minimum atomic E-state index is -1.59. The number of hydrogen-bond acceptors (Lipinski definition) is 8. The van der Waals surface area contributed by atoms with Crippen LogP contribution in [0.25, 0.3) is 10.9 Å². The molecule has 0 saturated heterocycles. The Morgan fingerprint density at radius 1 is 0.921 bits per heavy atom. The van der Waals surface area contributed by atoms with Crippen LogP contribution in [0.2, 0.25) is 0 Å². The second-order valence-corrected chi connectivity index (χ2v) is 8.83. The van der Waals surface area contributed by atoms with Crippen LogP contribution >= 0.6 is 0 Å². The third-order valence-corrected chi connectivity index (χ3v) is 5.87. The second kappa shape index (κ2) is 14.7. The van der Waals surface area contributed by atoms with Crippen LogP contribution in [0, 0.1) is 0 Å². The van der Waals surface area contributed by atoms with E-state index in [2.05, 4.69) is 20.9 Å². The maximum atomic E-state index is 13.3. The SMILES string of the molecule is NCCCCC(NC(=O)C(N)CC(N)=O)C(=O)NC(Cc1c[nH]c2ccccc12)C(=O)NC(CO)C(=O)O. The van der Waals surface area contributed by atoms with Gasteiger partial charge >= 0.3 is 5.97 Å². The Balaban J connectivity index is 2.29. The Morgan fingerprint density at radius 3 is 2.18 bits per heavy atom. The summed E-state index contributed by atoms with van der Waals surface area (Å²) >= 11 is 0. The quantitative estimate of drug-likeness (QED) is 0.104. The summed E-state index contributed by atoms with van der Waals surface area (Å²) in [5.41, 5.74) is 17.8. The minimum absolute atomic E-state index is 0.0238. The Labute approximate surface area is 218 Å². The van der Waals surface area contributed by atoms with Gasteiger partial charge in [-0.25, -0.2) is 4.79 Å². The van der Waals surface area contributed by atoms with E-state index in [0.717, 1.165) is 10.9 Å². The van der Waals surface area contributed by atoms with Gasteiger partial charge in [-0.05, 0) is 37.4 Å². The maximum absolute atomic E-state index is 13.3. The molecular formula is C24H35N7O7. The van der Waals surface area contributed by atoms with Crippen LogP contribution in [0.1, 0.15) is 31.2 Å². The van der Waals surface area contributed by atoms with Gasteiger partial charge in [-0.3, -0.25) is 19.2 Å². The van der Waals surface area contributed by atoms with E-state index in [1.165, 1.54) is 0 Å². The normalized spacial score (nSPS) is 14.2. The molecule has 14 nitrogen and oxygen atoms in total. The van der Waals surface area contributed by atoms with Gasteiger partial charge in [0.15, 0.2) is 0 Å². The summed E-state index contributed by atoms with van der Waals surface area (Å²) in [5, 5.41) is 26.7. The first-order valence-electron chi connectivity index (χ1n) is 12.1. The first-order chi connectivity index (χ1) is 18.1. The first-order valence-corrected chi connectivity index (χ1v) is 12.1. The molecule has 2 rings (SSSR count). The predicted molar refractivity (Wildman–Crippen MR) is 137 cm³/mol. The monoisotopic (exact) mass is 533 g/mol. The summed E-state index contributed by atoms with van der Waals surface area (Å²) in [4.78, 5) is 64.4. The number of H-pyrrole nitrogens is 1. The topological polar surface area (TPSA) is 256 Å². The zero-order valence-electron chi connectivity index (χ0n) is 20.8. The van der Waals surface area contributed by atoms with Crippen LogP contribution in [0.4, 0.5) is 0 Å². The summed E-state index contributed by atoms with van der Waals surface area (Å²) in [5.74, 6) is -4.59. The van der Waals surface area contributed by atoms with Crippen LogP contribution in [0.15, 0.2) is 30.5 Å². The number of unbranched alkanes of at least 4 members (excludes halogenated alkanes) is 1. The fourth-order valence-electron chi connectivity index (χ4n) is 3.81. The minimum Gasteiger partial charge on any atom is -0.480 e. The molecule has 0 aliphatic carbocycles. The van der Waals surface area contributed by atoms with Gasteiger partial charge in [0.05, 0.1) is 19.1 Å². The van der Waals surface area contributed by atoms with Gasteiger partial charge in [0.25, 0.3) is 0 Å². The highest BCUT2D eigenvalue weighted by molar-refractivity contribution is 5.95. The number of aromatic amines is 1. The molecule has 1 heterocycles. The average Bonchev–Trinajstić information content (AvgIpc) is 3.28. The summed E-state index contributed by atoms with van der Waals surface area (Å²) < 4.78 is 0. The predicted octanol–water partition coefficient (Wildman–Crippen LogP) is -2.43. The Bertz CT molecular complexity index is 1140. The molecule has 0 aliphatic rings. The van der Waals surface area contributed by atoms with E-state index >= 15 is 0 Å². The number of aliphatic hydroxyl groups is 1. The number of hydrogen-bond donors (Lipinski definition) is 9. The molecule has 38 heavy (non-hydrogen) atoms. The molecule has 0 aliphatic heterocycles. The number of amides is 4. The fourth-order valence-corrected chi connectivity index (χ4v) is 3.81. The van der Waals surface area contributed by atoms with Crippen molar-refractivity contribution in [3.8, 4) is 0 Å². The zero-order chi connectivity index (χ0) is 28.2. The van der Waals surface area contributed by atoms with Gasteiger partial charge in [0.2, 0.25) is 23.6 Å². The highest BCUT2D eigenvalue weighted by Crippen LogP contribution is 2.19. The van der Waals surface area contributed by atoms with Gasteiger partial charge in [-0.1, -0.05) is 18.2 Å². The number of fused-ring (bicyclic) bond motifs is 1. The van der Waals surface area contributed by atoms with Gasteiger partial charge < -0.3 is 48.3 Å². The van der Waals surface area contributed by atoms with Crippen LogP contribution in [0.5, 0.6) is 0 Å². The van der Waals surface area contributed by atoms with Crippen molar-refractivity contribution in [1.82, 2.24) is 20.9 Å². The number of carboxylic acid groups (broad SMARTS) is 1. The van der Waals surface area contributed by atoms with Crippen molar-refractivity contribution < 1.29 is 34.2 Å². The van der Waals surface area contributed by atoms with E-state index < -0.39 is 66.8 Å². The first kappa shape index (κ1) is 30.2. The van der Waals surface area contributed by atoms with Crippen LogP contribution in [0.3, 0.4) is 0 Å². The van der Waals surface area contributed by atoms with E-state index in [1.54, 1.807) is 12.3 Å². The largest absolute Gasteiger partial charge is 0.480 e. The number of rotatable bonds is 16. The van der Waals surface area contributed by atoms with Crippen LogP contribution < -0.4 is 33.2 Å². The fraction of sp³-hybridized carbons (Fsp3) is 0.458. The van der Waals surface area contributed by atoms with Gasteiger partial charge in [0, 0.05) is 23.5 Å². The highest BCUT2D eigenvalue weighted by Gasteiger charge is 2.31. The van der Waals surface area contributed by atoms with E-state index in [9.17, 15) is 34.2 Å². The summed E-state index contributed by atoms with van der Waals surface area (Å²) in [7, 11) is 0. The van der Waals surface area contributed by atoms with E-state index in [1.807, 2.05) is 18.2 Å². The number of nitrogens with one attached hydrogen (secondary N) is 4. The Hall–Kier alpha value is -4.01. The number of benzene rings is 1. The number of carbonyl (C=O) groups excluding carboxylic acids is 4. The van der Waals surface area contributed by atoms with Crippen LogP contribution in [-0.4, -0.2) is 82.1 Å². The third kappa shape index (κ3) is 8.83. The lowest BCUT2D eigenvalue weighted by Crippen LogP contribution is -2.58. The number of aliphatic carboxylic acids is 1. The van der Waals surface area contributed by atoms with Crippen molar-refractivity contribution >= 4 is 40.5 Å². The molecule has 0 saturated carbocycles. The molecule has 2 aromatic rings. The summed E-state index contributed by atoms with van der Waals surface area (Å²) in [6.07, 6.45) is 2.40. The summed E-state index contributed by atoms with van der Waals surface area (Å²) in [6.45, 7) is -0.503. The number of aliphatic hydroxyl groups excluding tert-OH is 1. The van der Waals surface area contributed by atoms with Crippen LogP contribution in [-0.2, 0) is 30.4 Å². The molecule has 12 N–H and O–H groups in total. The van der Waals surface area contributed by atoms with E-state index in [-0.39, 0.29) is 12.8 Å². The van der Waals surface area contributed by atoms with Crippen molar-refractivity contribution in [2.24, 2.45) is 17.2 Å². The van der Waals surface area contributed by atoms with E-state index in [4.69, 9.17) is 17.2 Å². The van der Waals surface area contributed by atoms with Crippen molar-refractivity contribution in [1.29, 1.82) is 0 Å². The molecular weight excluding hydrogens is 498 g/mol. The molecule has 0 radical (unpaired) electrons. The third-order valence-electron chi connectivity index (χ3n) is 5.87. The number of carbonyl (C=O) groups is 5. The molecule has 208 valence electrons. The van der Waals surface area contributed by atoms with Gasteiger partial charge in [-0.2, -0.15) is 0 Å². The number of primary amides is 1. The standard InChI is InChI=1S/C24H35N7O7/c25-8-4-3-7-17(29-21(34)15(26)10-20(27)33)22(35)30-18(23(36)31-19(12-32)24(37)38)9-13-11-28-16-6-2-1-5-14(13)16/h1-2,5-6,11,15,17-19,28,32H,3-4,7-10,12,25-26H2,(H2,27,33)(H,29,34)(H,30,35)(H,31,36)(H,37,38). The van der Waals surface area contributed by atoms with Crippen molar-refractivity contribution in [3.63, 3.8) is 0 Å². The molecule has 1 aromatic heterocycles. The number of para-hydroxylation sites is 1. The van der Waals surface area contributed by atoms with E-state index in [0.29, 0.717) is 24.9 Å². The second-order valence-electron chi connectivity index (χ2n) is 8.83. The lowest BCUT2D eigenvalue weighted by atomic mass is 10.0. The molecule has 0 spiro atoms. The lowest BCUT2D eigenvalue weighted by molar-refractivity contribution is -0.143. The van der Waals surface area contributed by atoms with Gasteiger partial charge in [-0.15, -0.1) is 0 Å². The highest BCUT2D eigenvalue weighted by atomic mass is 16.4. The molecule has 0 bridgehead atoms. The van der Waals surface area contributed by atoms with Crippen molar-refractivity contribution in [3.05, 3.63) is 36.0 Å². The molecule has 4 atom stereocenters. The zero-order valence-corrected chi connectivity index (χ0v) is 20.8. The maximum Gasteiger partial charge on any atom is 0.328 e.